The van der Waals surface area contributed by atoms with E-state index in [1.54, 1.807) is 7.11 Å². The Hall–Kier alpha value is -2.55. The van der Waals surface area contributed by atoms with Crippen LogP contribution < -0.4 is 4.74 Å². The molecule has 0 aliphatic rings. The van der Waals surface area contributed by atoms with E-state index in [0.717, 1.165) is 16.8 Å². The van der Waals surface area contributed by atoms with Gasteiger partial charge in [-0.25, -0.2) is 0 Å². The van der Waals surface area contributed by atoms with Gasteiger partial charge < -0.3 is 9.72 Å². The summed E-state index contributed by atoms with van der Waals surface area (Å²) in [7, 11) is 1.69. The van der Waals surface area contributed by atoms with Gasteiger partial charge in [0, 0.05) is 28.4 Å². The standard InChI is InChI=1S/C18H16N2O/c1-10-13-5-4-8-19-17(13)11(2)18-16(10)14-7-6-12(21-3)9-15(14)20-18/h4-9,20H,1-3H3. The third-order valence-electron chi connectivity index (χ3n) is 4.32. The van der Waals surface area contributed by atoms with Crippen molar-refractivity contribution in [2.45, 2.75) is 13.8 Å². The highest BCUT2D eigenvalue weighted by atomic mass is 16.5. The Labute approximate surface area is 122 Å². The van der Waals surface area contributed by atoms with Gasteiger partial charge in [0.15, 0.2) is 0 Å². The largest absolute Gasteiger partial charge is 0.497 e. The summed E-state index contributed by atoms with van der Waals surface area (Å²) in [6, 6.07) is 10.3. The average Bonchev–Trinajstić information content (AvgIpc) is 2.91. The maximum Gasteiger partial charge on any atom is 0.120 e. The number of nitrogens with zero attached hydrogens (tertiary/aromatic N) is 1. The van der Waals surface area contributed by atoms with Crippen molar-refractivity contribution in [2.75, 3.05) is 7.11 Å². The lowest BCUT2D eigenvalue weighted by Crippen LogP contribution is -1.88. The van der Waals surface area contributed by atoms with E-state index in [2.05, 4.69) is 35.9 Å². The van der Waals surface area contributed by atoms with Gasteiger partial charge >= 0.3 is 0 Å². The Balaban J connectivity index is 2.27. The van der Waals surface area contributed by atoms with E-state index in [9.17, 15) is 0 Å². The van der Waals surface area contributed by atoms with Crippen LogP contribution in [0.25, 0.3) is 32.7 Å². The van der Waals surface area contributed by atoms with E-state index < -0.39 is 0 Å². The summed E-state index contributed by atoms with van der Waals surface area (Å²) in [6.45, 7) is 4.30. The van der Waals surface area contributed by atoms with Crippen molar-refractivity contribution in [1.82, 2.24) is 9.97 Å². The molecule has 0 fully saturated rings. The quantitative estimate of drug-likeness (QED) is 0.556. The van der Waals surface area contributed by atoms with E-state index in [1.807, 2.05) is 24.4 Å². The first-order valence-electron chi connectivity index (χ1n) is 7.04. The molecule has 0 atom stereocenters. The lowest BCUT2D eigenvalue weighted by molar-refractivity contribution is 0.415. The van der Waals surface area contributed by atoms with Crippen LogP contribution >= 0.6 is 0 Å². The van der Waals surface area contributed by atoms with Crippen LogP contribution in [0.4, 0.5) is 0 Å². The van der Waals surface area contributed by atoms with Crippen molar-refractivity contribution in [2.24, 2.45) is 0 Å². The molecule has 1 N–H and O–H groups in total. The number of aromatic amines is 1. The van der Waals surface area contributed by atoms with Gasteiger partial charge in [-0.1, -0.05) is 6.07 Å². The van der Waals surface area contributed by atoms with Crippen LogP contribution in [-0.2, 0) is 0 Å². The number of rotatable bonds is 1. The van der Waals surface area contributed by atoms with Crippen molar-refractivity contribution in [3.8, 4) is 5.75 Å². The second kappa shape index (κ2) is 4.22. The van der Waals surface area contributed by atoms with Crippen molar-refractivity contribution in [3.63, 3.8) is 0 Å². The van der Waals surface area contributed by atoms with Crippen molar-refractivity contribution in [1.29, 1.82) is 0 Å². The second-order valence-electron chi connectivity index (χ2n) is 5.44. The lowest BCUT2D eigenvalue weighted by atomic mass is 9.99. The molecule has 3 nitrogen and oxygen atoms in total. The molecule has 21 heavy (non-hydrogen) atoms. The minimum Gasteiger partial charge on any atom is -0.497 e. The van der Waals surface area contributed by atoms with E-state index in [-0.39, 0.29) is 0 Å². The molecule has 0 aliphatic carbocycles. The second-order valence-corrected chi connectivity index (χ2v) is 5.44. The number of methoxy groups -OCH3 is 1. The summed E-state index contributed by atoms with van der Waals surface area (Å²) in [4.78, 5) is 8.08. The molecule has 0 unspecified atom stereocenters. The van der Waals surface area contributed by atoms with Gasteiger partial charge in [-0.15, -0.1) is 0 Å². The number of H-pyrrole nitrogens is 1. The normalized spacial score (nSPS) is 11.6. The monoisotopic (exact) mass is 276 g/mol. The highest BCUT2D eigenvalue weighted by molar-refractivity contribution is 6.15. The minimum atomic E-state index is 0.868. The molecule has 0 aliphatic heterocycles. The van der Waals surface area contributed by atoms with Crippen LogP contribution in [0.2, 0.25) is 0 Å². The molecule has 2 aromatic heterocycles. The summed E-state index contributed by atoms with van der Waals surface area (Å²) in [5, 5.41) is 3.74. The number of benzene rings is 2. The Bertz CT molecular complexity index is 999. The molecule has 0 saturated carbocycles. The summed E-state index contributed by atoms with van der Waals surface area (Å²) in [5.41, 5.74) is 5.81. The highest BCUT2D eigenvalue weighted by Crippen LogP contribution is 2.36. The molecule has 2 aromatic carbocycles. The topological polar surface area (TPSA) is 37.9 Å². The SMILES string of the molecule is COc1ccc2c(c1)[nH]c1c(C)c3ncccc3c(C)c12. The Morgan fingerprint density at radius 3 is 2.71 bits per heavy atom. The predicted molar refractivity (Wildman–Crippen MR) is 87.1 cm³/mol. The molecule has 0 radical (unpaired) electrons. The van der Waals surface area contributed by atoms with Crippen LogP contribution in [0, 0.1) is 13.8 Å². The maximum absolute atomic E-state index is 5.32. The fourth-order valence-corrected chi connectivity index (χ4v) is 3.23. The number of hydrogen-bond acceptors (Lipinski definition) is 2. The molecule has 0 amide bonds. The fraction of sp³-hybridized carbons (Fsp3) is 0.167. The molecule has 4 aromatic rings. The van der Waals surface area contributed by atoms with Crippen LogP contribution in [0.3, 0.4) is 0 Å². The minimum absolute atomic E-state index is 0.868. The van der Waals surface area contributed by atoms with Gasteiger partial charge in [0.2, 0.25) is 0 Å². The van der Waals surface area contributed by atoms with Crippen LogP contribution in [-0.4, -0.2) is 17.1 Å². The van der Waals surface area contributed by atoms with Gasteiger partial charge in [-0.2, -0.15) is 0 Å². The van der Waals surface area contributed by atoms with Gasteiger partial charge in [-0.3, -0.25) is 4.98 Å². The molecule has 0 saturated heterocycles. The van der Waals surface area contributed by atoms with E-state index in [4.69, 9.17) is 4.74 Å². The fourth-order valence-electron chi connectivity index (χ4n) is 3.23. The zero-order valence-electron chi connectivity index (χ0n) is 12.3. The number of hydrogen-bond donors (Lipinski definition) is 1. The first-order valence-corrected chi connectivity index (χ1v) is 7.04. The molecule has 2 heterocycles. The molecule has 3 heteroatoms. The third kappa shape index (κ3) is 1.57. The molecular weight excluding hydrogens is 260 g/mol. The van der Waals surface area contributed by atoms with E-state index in [1.165, 1.54) is 32.8 Å². The lowest BCUT2D eigenvalue weighted by Gasteiger charge is -2.07. The van der Waals surface area contributed by atoms with E-state index in [0.29, 0.717) is 0 Å². The van der Waals surface area contributed by atoms with Crippen molar-refractivity contribution >= 4 is 32.7 Å². The van der Waals surface area contributed by atoms with Gasteiger partial charge in [-0.05, 0) is 43.2 Å². The first kappa shape index (κ1) is 12.2. The number of aromatic nitrogens is 2. The molecule has 0 spiro atoms. The Morgan fingerprint density at radius 2 is 1.90 bits per heavy atom. The van der Waals surface area contributed by atoms with Gasteiger partial charge in [0.05, 0.1) is 23.7 Å². The molecule has 104 valence electrons. The molecule has 4 rings (SSSR count). The Morgan fingerprint density at radius 1 is 1.05 bits per heavy atom. The summed E-state index contributed by atoms with van der Waals surface area (Å²) >= 11 is 0. The number of ether oxygens (including phenoxy) is 1. The molecule has 0 bridgehead atoms. The Kier molecular flexibility index (Phi) is 2.45. The van der Waals surface area contributed by atoms with Crippen molar-refractivity contribution in [3.05, 3.63) is 47.7 Å². The highest BCUT2D eigenvalue weighted by Gasteiger charge is 2.14. The summed E-state index contributed by atoms with van der Waals surface area (Å²) in [6.07, 6.45) is 1.85. The summed E-state index contributed by atoms with van der Waals surface area (Å²) < 4.78 is 5.32. The van der Waals surface area contributed by atoms with Crippen LogP contribution in [0.5, 0.6) is 5.75 Å². The maximum atomic E-state index is 5.32. The smallest absolute Gasteiger partial charge is 0.120 e. The third-order valence-corrected chi connectivity index (χ3v) is 4.32. The van der Waals surface area contributed by atoms with Crippen LogP contribution in [0.1, 0.15) is 11.1 Å². The number of nitrogens with one attached hydrogen (secondary N) is 1. The zero-order valence-corrected chi connectivity index (χ0v) is 12.3. The molecular formula is C18H16N2O. The number of pyridine rings is 1. The predicted octanol–water partition coefficient (Wildman–Crippen LogP) is 4.49. The van der Waals surface area contributed by atoms with Gasteiger partial charge in [0.25, 0.3) is 0 Å². The van der Waals surface area contributed by atoms with E-state index >= 15 is 0 Å². The first-order chi connectivity index (χ1) is 10.2. The zero-order chi connectivity index (χ0) is 14.6. The van der Waals surface area contributed by atoms with Crippen molar-refractivity contribution < 1.29 is 4.74 Å². The van der Waals surface area contributed by atoms with Crippen LogP contribution in [0.15, 0.2) is 36.5 Å². The average molecular weight is 276 g/mol. The number of fused-ring (bicyclic) bond motifs is 4. The van der Waals surface area contributed by atoms with Gasteiger partial charge in [0.1, 0.15) is 5.75 Å². The summed E-state index contributed by atoms with van der Waals surface area (Å²) in [5.74, 6) is 0.868. The number of aryl methyl sites for hydroxylation is 2.